The molecule has 1 heterocycles. The Balaban J connectivity index is 1.73. The van der Waals surface area contributed by atoms with E-state index in [-0.39, 0.29) is 5.75 Å². The molecule has 1 N–H and O–H groups in total. The molecule has 1 aliphatic heterocycles. The van der Waals surface area contributed by atoms with Gasteiger partial charge in [-0.15, -0.1) is 0 Å². The van der Waals surface area contributed by atoms with Gasteiger partial charge in [0.1, 0.15) is 6.61 Å². The molecule has 0 bridgehead atoms. The van der Waals surface area contributed by atoms with Crippen molar-refractivity contribution in [3.05, 3.63) is 24.3 Å². The number of morpholine rings is 1. The number of nitrogens with zero attached hydrogens (tertiary/aromatic N) is 1. The maximum absolute atomic E-state index is 9.49. The van der Waals surface area contributed by atoms with Gasteiger partial charge >= 0.3 is 0 Å². The molecular formula is C12H17NO3. The lowest BCUT2D eigenvalue weighted by Crippen LogP contribution is -2.38. The molecule has 16 heavy (non-hydrogen) atoms. The molecular weight excluding hydrogens is 206 g/mol. The van der Waals surface area contributed by atoms with E-state index in [2.05, 4.69) is 4.90 Å². The quantitative estimate of drug-likeness (QED) is 0.830. The van der Waals surface area contributed by atoms with Gasteiger partial charge < -0.3 is 14.6 Å². The average molecular weight is 223 g/mol. The highest BCUT2D eigenvalue weighted by Gasteiger charge is 2.10. The van der Waals surface area contributed by atoms with Crippen molar-refractivity contribution in [2.24, 2.45) is 0 Å². The summed E-state index contributed by atoms with van der Waals surface area (Å²) in [4.78, 5) is 2.30. The lowest BCUT2D eigenvalue weighted by molar-refractivity contribution is 0.0321. The van der Waals surface area contributed by atoms with E-state index >= 15 is 0 Å². The fourth-order valence-corrected chi connectivity index (χ4v) is 1.69. The number of hydrogen-bond acceptors (Lipinski definition) is 4. The number of benzene rings is 1. The van der Waals surface area contributed by atoms with Crippen LogP contribution in [0, 0.1) is 0 Å². The van der Waals surface area contributed by atoms with Crippen LogP contribution in [0.2, 0.25) is 0 Å². The van der Waals surface area contributed by atoms with Crippen molar-refractivity contribution in [3.8, 4) is 11.5 Å². The zero-order valence-corrected chi connectivity index (χ0v) is 9.26. The molecule has 1 fully saturated rings. The number of hydrogen-bond donors (Lipinski definition) is 1. The first-order valence-electron chi connectivity index (χ1n) is 5.57. The van der Waals surface area contributed by atoms with E-state index in [0.29, 0.717) is 12.4 Å². The van der Waals surface area contributed by atoms with Gasteiger partial charge in [-0.3, -0.25) is 4.90 Å². The van der Waals surface area contributed by atoms with Crippen LogP contribution in [-0.4, -0.2) is 49.5 Å². The maximum atomic E-state index is 9.49. The Morgan fingerprint density at radius 1 is 1.25 bits per heavy atom. The van der Waals surface area contributed by atoms with Crippen molar-refractivity contribution < 1.29 is 14.6 Å². The summed E-state index contributed by atoms with van der Waals surface area (Å²) in [5, 5.41) is 9.49. The SMILES string of the molecule is Oc1ccccc1OCCN1CCOCC1. The summed E-state index contributed by atoms with van der Waals surface area (Å²) in [7, 11) is 0. The second kappa shape index (κ2) is 5.72. The minimum Gasteiger partial charge on any atom is -0.504 e. The normalized spacial score (nSPS) is 17.2. The molecule has 1 saturated heterocycles. The van der Waals surface area contributed by atoms with Crippen molar-refractivity contribution in [3.63, 3.8) is 0 Å². The van der Waals surface area contributed by atoms with Crippen LogP contribution in [0.25, 0.3) is 0 Å². The fourth-order valence-electron chi connectivity index (χ4n) is 1.69. The summed E-state index contributed by atoms with van der Waals surface area (Å²) in [6.07, 6.45) is 0. The van der Waals surface area contributed by atoms with Gasteiger partial charge in [0.05, 0.1) is 13.2 Å². The Morgan fingerprint density at radius 2 is 2.00 bits per heavy atom. The molecule has 4 nitrogen and oxygen atoms in total. The van der Waals surface area contributed by atoms with Crippen molar-refractivity contribution in [1.29, 1.82) is 0 Å². The summed E-state index contributed by atoms with van der Waals surface area (Å²) in [5.41, 5.74) is 0. The molecule has 0 saturated carbocycles. The molecule has 0 aromatic heterocycles. The first-order valence-corrected chi connectivity index (χ1v) is 5.57. The molecule has 0 radical (unpaired) electrons. The van der Waals surface area contributed by atoms with E-state index < -0.39 is 0 Å². The summed E-state index contributed by atoms with van der Waals surface area (Å²) < 4.78 is 10.8. The molecule has 0 atom stereocenters. The van der Waals surface area contributed by atoms with Crippen molar-refractivity contribution in [1.82, 2.24) is 4.90 Å². The molecule has 1 aliphatic rings. The number of para-hydroxylation sites is 2. The Bertz CT molecular complexity index is 324. The molecule has 2 rings (SSSR count). The number of aromatic hydroxyl groups is 1. The summed E-state index contributed by atoms with van der Waals surface area (Å²) in [6, 6.07) is 7.03. The summed E-state index contributed by atoms with van der Waals surface area (Å²) in [6.45, 7) is 5.00. The molecule has 0 amide bonds. The van der Waals surface area contributed by atoms with Crippen LogP contribution in [0.1, 0.15) is 0 Å². The molecule has 0 unspecified atom stereocenters. The minimum absolute atomic E-state index is 0.199. The second-order valence-corrected chi connectivity index (χ2v) is 3.77. The van der Waals surface area contributed by atoms with E-state index in [9.17, 15) is 5.11 Å². The Morgan fingerprint density at radius 3 is 2.75 bits per heavy atom. The maximum Gasteiger partial charge on any atom is 0.160 e. The van der Waals surface area contributed by atoms with Crippen LogP contribution in [0.15, 0.2) is 24.3 Å². The smallest absolute Gasteiger partial charge is 0.160 e. The van der Waals surface area contributed by atoms with E-state index in [1.807, 2.05) is 6.07 Å². The molecule has 0 aliphatic carbocycles. The third-order valence-electron chi connectivity index (χ3n) is 2.63. The highest BCUT2D eigenvalue weighted by molar-refractivity contribution is 5.37. The second-order valence-electron chi connectivity index (χ2n) is 3.77. The predicted octanol–water partition coefficient (Wildman–Crippen LogP) is 1.10. The van der Waals surface area contributed by atoms with Gasteiger partial charge in [0.15, 0.2) is 11.5 Å². The van der Waals surface area contributed by atoms with Gasteiger partial charge in [-0.2, -0.15) is 0 Å². The van der Waals surface area contributed by atoms with Crippen molar-refractivity contribution in [2.75, 3.05) is 39.5 Å². The summed E-state index contributed by atoms with van der Waals surface area (Å²) >= 11 is 0. The molecule has 4 heteroatoms. The van der Waals surface area contributed by atoms with Crippen LogP contribution in [0.5, 0.6) is 11.5 Å². The lowest BCUT2D eigenvalue weighted by Gasteiger charge is -2.26. The number of phenols is 1. The standard InChI is InChI=1S/C12H17NO3/c14-11-3-1-2-4-12(11)16-10-7-13-5-8-15-9-6-13/h1-4,14H,5-10H2. The predicted molar refractivity (Wildman–Crippen MR) is 60.9 cm³/mol. The van der Waals surface area contributed by atoms with Crippen LogP contribution in [0.4, 0.5) is 0 Å². The van der Waals surface area contributed by atoms with Crippen molar-refractivity contribution in [2.45, 2.75) is 0 Å². The van der Waals surface area contributed by atoms with Gasteiger partial charge in [0.2, 0.25) is 0 Å². The average Bonchev–Trinajstić information content (AvgIpc) is 2.33. The Hall–Kier alpha value is -1.26. The topological polar surface area (TPSA) is 41.9 Å². The summed E-state index contributed by atoms with van der Waals surface area (Å²) in [5.74, 6) is 0.750. The van der Waals surface area contributed by atoms with Crippen LogP contribution < -0.4 is 4.74 Å². The highest BCUT2D eigenvalue weighted by atomic mass is 16.5. The molecule has 0 spiro atoms. The van der Waals surface area contributed by atoms with E-state index in [4.69, 9.17) is 9.47 Å². The van der Waals surface area contributed by atoms with E-state index in [0.717, 1.165) is 32.8 Å². The molecule has 1 aromatic carbocycles. The zero-order chi connectivity index (χ0) is 11.2. The van der Waals surface area contributed by atoms with Crippen LogP contribution in [-0.2, 0) is 4.74 Å². The minimum atomic E-state index is 0.199. The van der Waals surface area contributed by atoms with Gasteiger partial charge in [-0.05, 0) is 12.1 Å². The van der Waals surface area contributed by atoms with E-state index in [1.54, 1.807) is 18.2 Å². The number of phenolic OH excluding ortho intramolecular Hbond substituents is 1. The molecule has 88 valence electrons. The van der Waals surface area contributed by atoms with Crippen LogP contribution in [0.3, 0.4) is 0 Å². The molecule has 1 aromatic rings. The first kappa shape index (κ1) is 11.2. The first-order chi connectivity index (χ1) is 7.86. The van der Waals surface area contributed by atoms with Gasteiger partial charge in [-0.1, -0.05) is 12.1 Å². The van der Waals surface area contributed by atoms with E-state index in [1.165, 1.54) is 0 Å². The monoisotopic (exact) mass is 223 g/mol. The Labute approximate surface area is 95.4 Å². The van der Waals surface area contributed by atoms with Gasteiger partial charge in [-0.25, -0.2) is 0 Å². The fraction of sp³-hybridized carbons (Fsp3) is 0.500. The third kappa shape index (κ3) is 3.12. The lowest BCUT2D eigenvalue weighted by atomic mass is 10.3. The largest absolute Gasteiger partial charge is 0.504 e. The number of rotatable bonds is 4. The van der Waals surface area contributed by atoms with Crippen molar-refractivity contribution >= 4 is 0 Å². The zero-order valence-electron chi connectivity index (χ0n) is 9.26. The number of ether oxygens (including phenoxy) is 2. The van der Waals surface area contributed by atoms with Crippen LogP contribution >= 0.6 is 0 Å². The Kier molecular flexibility index (Phi) is 4.02. The van der Waals surface area contributed by atoms with Gasteiger partial charge in [0.25, 0.3) is 0 Å². The third-order valence-corrected chi connectivity index (χ3v) is 2.63. The van der Waals surface area contributed by atoms with Gasteiger partial charge in [0, 0.05) is 19.6 Å². The highest BCUT2D eigenvalue weighted by Crippen LogP contribution is 2.24.